The van der Waals surface area contributed by atoms with Gasteiger partial charge < -0.3 is 64.1 Å². The van der Waals surface area contributed by atoms with Crippen molar-refractivity contribution < 1.29 is 82.1 Å². The second-order valence-electron chi connectivity index (χ2n) is 22.8. The van der Waals surface area contributed by atoms with E-state index < -0.39 is 141 Å². The van der Waals surface area contributed by atoms with Crippen LogP contribution in [-0.4, -0.2) is 159 Å². The lowest BCUT2D eigenvalue weighted by Crippen LogP contribution is -2.51. The van der Waals surface area contributed by atoms with Gasteiger partial charge in [-0.1, -0.05) is 45.9 Å². The molecule has 0 spiro atoms. The molecule has 7 aliphatic rings. The number of carbonyl (C=O) groups excluding carboxylic acids is 6. The molecule has 1 saturated carbocycles. The molecule has 23 heteroatoms. The van der Waals surface area contributed by atoms with Crippen LogP contribution >= 0.6 is 0 Å². The number of aromatic hydroxyl groups is 1. The molecule has 22 nitrogen and oxygen atoms in total. The Morgan fingerprint density at radius 2 is 1.52 bits per heavy atom. The number of rotatable bonds is 7. The van der Waals surface area contributed by atoms with Gasteiger partial charge in [-0.2, -0.15) is 0 Å². The maximum atomic E-state index is 16.1. The molecule has 2 saturated heterocycles. The number of aromatic nitrogens is 1. The number of amides is 2. The molecule has 1 aromatic carbocycles. The van der Waals surface area contributed by atoms with Gasteiger partial charge in [0.05, 0.1) is 65.2 Å². The Hall–Kier alpha value is -7.89. The van der Waals surface area contributed by atoms with Crippen molar-refractivity contribution in [3.8, 4) is 11.5 Å². The Morgan fingerprint density at radius 1 is 0.831 bits per heavy atom. The van der Waals surface area contributed by atoms with Crippen molar-refractivity contribution in [1.82, 2.24) is 19.5 Å². The number of nitrogens with one attached hydrogen (secondary N) is 1. The zero-order valence-electron chi connectivity index (χ0n) is 47.9. The summed E-state index contributed by atoms with van der Waals surface area (Å²) in [7, 11) is 1.40. The summed E-state index contributed by atoms with van der Waals surface area (Å²) in [6.07, 6.45) is 4.44. The van der Waals surface area contributed by atoms with Crippen LogP contribution in [-0.2, 0) is 28.5 Å². The van der Waals surface area contributed by atoms with Crippen LogP contribution in [0.2, 0.25) is 0 Å². The number of aromatic carboxylic acids is 1. The lowest BCUT2D eigenvalue weighted by molar-refractivity contribution is -0.160. The third kappa shape index (κ3) is 10.9. The van der Waals surface area contributed by atoms with Gasteiger partial charge in [-0.15, -0.1) is 0 Å². The number of carboxylic acids is 1. The first-order valence-electron chi connectivity index (χ1n) is 27.8. The van der Waals surface area contributed by atoms with Crippen molar-refractivity contribution in [2.75, 3.05) is 51.3 Å². The second kappa shape index (κ2) is 23.0. The molecule has 10 rings (SSSR count). The van der Waals surface area contributed by atoms with Gasteiger partial charge in [0.25, 0.3) is 17.2 Å². The molecule has 0 radical (unpaired) electrons. The number of aliphatic hydroxyl groups is 2. The van der Waals surface area contributed by atoms with E-state index in [0.717, 1.165) is 29.7 Å². The second-order valence-corrected chi connectivity index (χ2v) is 22.8. The molecule has 5 aliphatic heterocycles. The Labute approximate surface area is 477 Å². The molecule has 10 atom stereocenters. The minimum atomic E-state index is -2.20. The van der Waals surface area contributed by atoms with E-state index in [-0.39, 0.29) is 79.0 Å². The average Bonchev–Trinajstić information content (AvgIpc) is 2.31. The summed E-state index contributed by atoms with van der Waals surface area (Å²) in [5.74, 6) is -12.3. The number of Topliss-reactive ketones (excluding diaryl/α,β-unsaturated/α-hetero) is 3. The minimum absolute atomic E-state index is 0.0192. The van der Waals surface area contributed by atoms with Crippen LogP contribution in [0.25, 0.3) is 5.52 Å². The molecule has 2 aliphatic carbocycles. The monoisotopic (exact) mass is 1150 g/mol. The highest BCUT2D eigenvalue weighted by molar-refractivity contribution is 6.32. The number of aliphatic hydroxyl groups excluding tert-OH is 2. The standard InChI is InChI=1S/C60H70FN5O17/c1-27-12-11-13-28(2)56(74)62-44-47(63-19-21-64(22-20-63)59(78)82-36-16-18-65(25-36)46-30(4)45-37(35-14-15-35)24-38(58(76)77)57(75)66(45)26-39(46)61)52(72)41-42(51(44)71)50(70)33(7)54-43(41)55(73)60(9,83-54)80-23-17-40(79-10)29(3)53(81-34(8)67)32(6)49(69)31(5)48(27)68/h11-13,17,23-24,26-27,29,31-32,35-36,40,48-49,53,68-70H,14-16,18-22,25H2,1-10H3,(H,62,74)(H,76,77)/b12-11+,23-17+,28-13-/t27-,29+,31+,32+,36-,40-,48-,49+,53+,60-/m0/s1. The fraction of sp³-hybridized carbons (Fsp3) is 0.500. The number of methoxy groups -OCH3 is 1. The molecule has 444 valence electrons. The van der Waals surface area contributed by atoms with Crippen LogP contribution < -0.4 is 20.5 Å². The molecule has 2 aromatic heterocycles. The number of benzene rings is 1. The topological polar surface area (TPSA) is 290 Å². The fourth-order valence-corrected chi connectivity index (χ4v) is 12.2. The summed E-state index contributed by atoms with van der Waals surface area (Å²) in [4.78, 5) is 115. The summed E-state index contributed by atoms with van der Waals surface area (Å²) in [5.41, 5.74) is -1.87. The zero-order chi connectivity index (χ0) is 60.4. The quantitative estimate of drug-likeness (QED) is 0.179. The van der Waals surface area contributed by atoms with E-state index in [1.165, 1.54) is 68.9 Å². The summed E-state index contributed by atoms with van der Waals surface area (Å²) in [6.45, 7) is 13.8. The van der Waals surface area contributed by atoms with Gasteiger partial charge in [0.1, 0.15) is 40.7 Å². The molecule has 5 bridgehead atoms. The molecule has 7 heterocycles. The average molecular weight is 1150 g/mol. The highest BCUT2D eigenvalue weighted by Crippen LogP contribution is 2.49. The highest BCUT2D eigenvalue weighted by Gasteiger charge is 2.53. The van der Waals surface area contributed by atoms with Gasteiger partial charge >= 0.3 is 23.8 Å². The van der Waals surface area contributed by atoms with E-state index in [9.17, 15) is 54.0 Å². The maximum Gasteiger partial charge on any atom is 0.410 e. The lowest BCUT2D eigenvalue weighted by atomic mass is 9.78. The van der Waals surface area contributed by atoms with Crippen LogP contribution in [0, 0.1) is 43.3 Å². The first-order chi connectivity index (χ1) is 39.2. The van der Waals surface area contributed by atoms with E-state index in [1.54, 1.807) is 45.6 Å². The number of carbonyl (C=O) groups is 7. The van der Waals surface area contributed by atoms with E-state index in [0.29, 0.717) is 23.1 Å². The summed E-state index contributed by atoms with van der Waals surface area (Å²) >= 11 is 0. The number of phenolic OH excluding ortho intramolecular Hbond substituents is 1. The smallest absolute Gasteiger partial charge is 0.410 e. The number of nitrogens with zero attached hydrogens (tertiary/aromatic N) is 4. The third-order valence-electron chi connectivity index (χ3n) is 17.2. The summed E-state index contributed by atoms with van der Waals surface area (Å²) in [5, 5.41) is 47.3. The number of piperazine rings is 1. The van der Waals surface area contributed by atoms with Crippen LogP contribution in [0.4, 0.5) is 14.9 Å². The first-order valence-corrected chi connectivity index (χ1v) is 27.8. The molecule has 0 unspecified atom stereocenters. The Morgan fingerprint density at radius 3 is 2.16 bits per heavy atom. The fourth-order valence-electron chi connectivity index (χ4n) is 12.2. The number of halogens is 1. The number of allylic oxidation sites excluding steroid dienone is 4. The zero-order valence-corrected chi connectivity index (χ0v) is 47.9. The van der Waals surface area contributed by atoms with Gasteiger partial charge in [-0.05, 0) is 62.8 Å². The van der Waals surface area contributed by atoms with Crippen LogP contribution in [0.5, 0.6) is 11.5 Å². The number of ether oxygens (including phenoxy) is 5. The largest absolute Gasteiger partial charge is 0.507 e. The van der Waals surface area contributed by atoms with Crippen molar-refractivity contribution in [2.45, 2.75) is 124 Å². The molecular weight excluding hydrogens is 1080 g/mol. The van der Waals surface area contributed by atoms with Crippen LogP contribution in [0.1, 0.15) is 132 Å². The van der Waals surface area contributed by atoms with Crippen molar-refractivity contribution in [2.24, 2.45) is 23.7 Å². The van der Waals surface area contributed by atoms with Crippen LogP contribution in [0.15, 0.2) is 64.6 Å². The Bertz CT molecular complexity index is 3430. The minimum Gasteiger partial charge on any atom is -0.507 e. The Balaban J connectivity index is 1.00. The van der Waals surface area contributed by atoms with Gasteiger partial charge in [-0.25, -0.2) is 14.0 Å². The van der Waals surface area contributed by atoms with Gasteiger partial charge in [-0.3, -0.25) is 33.2 Å². The number of esters is 1. The summed E-state index contributed by atoms with van der Waals surface area (Å²) in [6, 6.07) is 1.38. The molecule has 2 amide bonds. The number of anilines is 1. The number of hydrogen-bond acceptors (Lipinski definition) is 18. The van der Waals surface area contributed by atoms with Crippen molar-refractivity contribution >= 4 is 52.5 Å². The van der Waals surface area contributed by atoms with E-state index >= 15 is 9.18 Å². The van der Waals surface area contributed by atoms with Gasteiger partial charge in [0, 0.05) is 94.9 Å². The number of hydrogen-bond donors (Lipinski definition) is 5. The molecule has 3 aromatic rings. The normalized spacial score (nSPS) is 29.5. The number of fused-ring (bicyclic) bond motifs is 15. The lowest BCUT2D eigenvalue weighted by Gasteiger charge is -2.38. The van der Waals surface area contributed by atoms with Gasteiger partial charge in [0.2, 0.25) is 11.6 Å². The maximum absolute atomic E-state index is 16.1. The van der Waals surface area contributed by atoms with E-state index in [1.807, 2.05) is 0 Å². The third-order valence-corrected chi connectivity index (χ3v) is 17.2. The van der Waals surface area contributed by atoms with Crippen molar-refractivity contribution in [1.29, 1.82) is 0 Å². The summed E-state index contributed by atoms with van der Waals surface area (Å²) < 4.78 is 46.8. The molecule has 83 heavy (non-hydrogen) atoms. The van der Waals surface area contributed by atoms with Crippen molar-refractivity contribution in [3.63, 3.8) is 0 Å². The Kier molecular flexibility index (Phi) is 16.6. The molecule has 3 fully saturated rings. The van der Waals surface area contributed by atoms with Crippen molar-refractivity contribution in [3.05, 3.63) is 115 Å². The van der Waals surface area contributed by atoms with E-state index in [2.05, 4.69) is 5.32 Å². The first kappa shape index (κ1) is 59.7. The SMILES string of the molecule is CO[C@H]1/C=C/O[C@@]2(C)Oc3c(C)c(O)c4c(c3C2=O)C(=O)C(N2CCN(C(=O)O[C@H]3CCN(c5c(F)cn6c(=O)c(C(=O)O)cc(C7CC7)c6c5C)C3)CC2)=C(NC(=O)/C(C)=C\C=C\[C@H](C)[C@H](O)[C@@H](C)[C@@H](O)[C@@H](C)[C@H](OC(C)=O)[C@@H]1C)C4=O. The molecule has 5 N–H and O–H groups in total. The van der Waals surface area contributed by atoms with Crippen LogP contribution in [0.3, 0.4) is 0 Å². The van der Waals surface area contributed by atoms with Gasteiger partial charge in [0.15, 0.2) is 5.82 Å². The van der Waals surface area contributed by atoms with E-state index in [4.69, 9.17) is 23.7 Å². The highest BCUT2D eigenvalue weighted by atomic mass is 19.1. The predicted octanol–water partition coefficient (Wildman–Crippen LogP) is 5.63. The number of phenols is 1. The number of carboxylic acid groups (broad SMARTS) is 1. The molecular formula is C60H70FN5O17. The predicted molar refractivity (Wildman–Crippen MR) is 296 cm³/mol. The number of aryl methyl sites for hydroxylation is 1. The number of pyridine rings is 2. The number of ketones is 3.